The van der Waals surface area contributed by atoms with E-state index in [0.717, 1.165) is 5.56 Å². The van der Waals surface area contributed by atoms with Crippen LogP contribution in [0.2, 0.25) is 0 Å². The summed E-state index contributed by atoms with van der Waals surface area (Å²) in [5.74, 6) is -0.229. The molecule has 2 aromatic heterocycles. The first-order valence-electron chi connectivity index (χ1n) is 7.08. The maximum atomic E-state index is 12.9. The standard InChI is InChI=1S/C15H12FN5O3S/c1-8(11-12(22)19-15(24)25-13(11)23)18-14-17-7-21(20-14)6-9-2-4-10(16)5-3-9/h2-5,7,23H,6H2,1H3,(H,19,22,24)/b18-8+. The van der Waals surface area contributed by atoms with Gasteiger partial charge in [0.15, 0.2) is 5.06 Å². The van der Waals surface area contributed by atoms with E-state index in [-0.39, 0.29) is 23.0 Å². The fourth-order valence-corrected chi connectivity index (χ4v) is 2.79. The number of halogens is 1. The van der Waals surface area contributed by atoms with Gasteiger partial charge in [-0.05, 0) is 36.0 Å². The first-order valence-corrected chi connectivity index (χ1v) is 7.90. The van der Waals surface area contributed by atoms with Crippen molar-refractivity contribution in [3.05, 3.63) is 67.6 Å². The lowest BCUT2D eigenvalue weighted by Crippen LogP contribution is -2.22. The van der Waals surface area contributed by atoms with Crippen LogP contribution in [-0.2, 0) is 6.54 Å². The summed E-state index contributed by atoms with van der Waals surface area (Å²) in [5, 5.41) is 13.5. The number of nitrogens with zero attached hydrogens (tertiary/aromatic N) is 4. The molecule has 25 heavy (non-hydrogen) atoms. The Labute approximate surface area is 144 Å². The molecule has 0 atom stereocenters. The molecule has 0 aliphatic heterocycles. The minimum absolute atomic E-state index is 0.0922. The van der Waals surface area contributed by atoms with E-state index in [9.17, 15) is 19.1 Å². The number of hydrogen-bond donors (Lipinski definition) is 2. The highest BCUT2D eigenvalue weighted by molar-refractivity contribution is 7.11. The highest BCUT2D eigenvalue weighted by Crippen LogP contribution is 2.17. The average Bonchev–Trinajstić information content (AvgIpc) is 2.95. The van der Waals surface area contributed by atoms with Gasteiger partial charge in [-0.25, -0.2) is 14.1 Å². The molecule has 0 aliphatic carbocycles. The van der Waals surface area contributed by atoms with Crippen molar-refractivity contribution in [1.29, 1.82) is 0 Å². The van der Waals surface area contributed by atoms with Crippen LogP contribution in [0.15, 0.2) is 45.2 Å². The van der Waals surface area contributed by atoms with Crippen molar-refractivity contribution in [2.24, 2.45) is 4.99 Å². The summed E-state index contributed by atoms with van der Waals surface area (Å²) in [6.07, 6.45) is 1.45. The summed E-state index contributed by atoms with van der Waals surface area (Å²) in [7, 11) is 0. The molecule has 3 aromatic rings. The molecule has 0 amide bonds. The normalized spacial score (nSPS) is 11.7. The van der Waals surface area contributed by atoms with E-state index in [0.29, 0.717) is 17.9 Å². The summed E-state index contributed by atoms with van der Waals surface area (Å²) in [4.78, 5) is 32.5. The van der Waals surface area contributed by atoms with Crippen molar-refractivity contribution >= 4 is 23.0 Å². The number of hydrogen-bond acceptors (Lipinski definition) is 7. The topological polar surface area (TPSA) is 113 Å². The van der Waals surface area contributed by atoms with Crippen molar-refractivity contribution in [3.63, 3.8) is 0 Å². The van der Waals surface area contributed by atoms with Crippen molar-refractivity contribution < 1.29 is 9.50 Å². The number of aliphatic imine (C=N–C) groups is 1. The second-order valence-corrected chi connectivity index (χ2v) is 6.05. The Kier molecular flexibility index (Phi) is 4.52. The molecule has 0 fully saturated rings. The van der Waals surface area contributed by atoms with E-state index in [4.69, 9.17) is 0 Å². The summed E-state index contributed by atoms with van der Waals surface area (Å²) in [6.45, 7) is 1.88. The highest BCUT2D eigenvalue weighted by atomic mass is 32.1. The molecular weight excluding hydrogens is 349 g/mol. The van der Waals surface area contributed by atoms with Crippen LogP contribution in [0.4, 0.5) is 10.3 Å². The summed E-state index contributed by atoms with van der Waals surface area (Å²) in [6, 6.07) is 5.97. The number of aromatic hydroxyl groups is 1. The Morgan fingerprint density at radius 3 is 2.76 bits per heavy atom. The third-order valence-electron chi connectivity index (χ3n) is 3.26. The molecule has 2 heterocycles. The van der Waals surface area contributed by atoms with E-state index in [1.54, 1.807) is 12.1 Å². The number of aromatic amines is 1. The predicted octanol–water partition coefficient (Wildman–Crippen LogP) is 1.42. The zero-order valence-corrected chi connectivity index (χ0v) is 13.7. The van der Waals surface area contributed by atoms with Crippen LogP contribution in [-0.4, -0.2) is 30.6 Å². The van der Waals surface area contributed by atoms with E-state index < -0.39 is 15.5 Å². The Balaban J connectivity index is 1.85. The molecule has 0 bridgehead atoms. The van der Waals surface area contributed by atoms with Gasteiger partial charge in [0.2, 0.25) is 0 Å². The lowest BCUT2D eigenvalue weighted by molar-refractivity contribution is 0.487. The predicted molar refractivity (Wildman–Crippen MR) is 90.3 cm³/mol. The molecule has 3 rings (SSSR count). The maximum Gasteiger partial charge on any atom is 0.310 e. The number of H-pyrrole nitrogens is 1. The van der Waals surface area contributed by atoms with Gasteiger partial charge in [0.05, 0.1) is 12.3 Å². The molecule has 8 nitrogen and oxygen atoms in total. The molecule has 10 heteroatoms. The maximum absolute atomic E-state index is 12.9. The molecule has 0 aliphatic rings. The van der Waals surface area contributed by atoms with Crippen LogP contribution in [0.5, 0.6) is 5.06 Å². The van der Waals surface area contributed by atoms with Gasteiger partial charge in [0.25, 0.3) is 11.5 Å². The van der Waals surface area contributed by atoms with Gasteiger partial charge in [-0.2, -0.15) is 4.98 Å². The lowest BCUT2D eigenvalue weighted by Gasteiger charge is -2.01. The van der Waals surface area contributed by atoms with E-state index in [1.165, 1.54) is 30.1 Å². The summed E-state index contributed by atoms with van der Waals surface area (Å²) >= 11 is 0.507. The third kappa shape index (κ3) is 3.86. The van der Waals surface area contributed by atoms with Crippen LogP contribution >= 0.6 is 11.3 Å². The first kappa shape index (κ1) is 16.7. The van der Waals surface area contributed by atoms with Crippen molar-refractivity contribution in [3.8, 4) is 5.06 Å². The SMILES string of the molecule is C/C(=N\c1ncn(Cc2ccc(F)cc2)n1)c1c(O)sc(=O)[nH]c1=O. The Hall–Kier alpha value is -3.14. The Morgan fingerprint density at radius 2 is 2.08 bits per heavy atom. The van der Waals surface area contributed by atoms with Crippen LogP contribution in [0.1, 0.15) is 18.1 Å². The molecule has 128 valence electrons. The minimum atomic E-state index is -0.728. The monoisotopic (exact) mass is 361 g/mol. The van der Waals surface area contributed by atoms with Crippen molar-refractivity contribution in [1.82, 2.24) is 19.7 Å². The largest absolute Gasteiger partial charge is 0.499 e. The summed E-state index contributed by atoms with van der Waals surface area (Å²) < 4.78 is 14.4. The quantitative estimate of drug-likeness (QED) is 0.683. The molecule has 0 radical (unpaired) electrons. The number of aromatic nitrogens is 4. The van der Waals surface area contributed by atoms with Gasteiger partial charge in [-0.1, -0.05) is 12.1 Å². The minimum Gasteiger partial charge on any atom is -0.499 e. The molecule has 0 unspecified atom stereocenters. The fraction of sp³-hybridized carbons (Fsp3) is 0.133. The van der Waals surface area contributed by atoms with Gasteiger partial charge in [-0.15, -0.1) is 5.10 Å². The smallest absolute Gasteiger partial charge is 0.310 e. The number of benzene rings is 1. The average molecular weight is 361 g/mol. The zero-order valence-electron chi connectivity index (χ0n) is 12.9. The molecule has 0 spiro atoms. The van der Waals surface area contributed by atoms with Crippen molar-refractivity contribution in [2.45, 2.75) is 13.5 Å². The van der Waals surface area contributed by atoms with Crippen LogP contribution < -0.4 is 10.4 Å². The third-order valence-corrected chi connectivity index (χ3v) is 3.94. The Morgan fingerprint density at radius 1 is 1.36 bits per heavy atom. The lowest BCUT2D eigenvalue weighted by atomic mass is 10.2. The number of nitrogens with one attached hydrogen (secondary N) is 1. The number of rotatable bonds is 4. The van der Waals surface area contributed by atoms with E-state index >= 15 is 0 Å². The van der Waals surface area contributed by atoms with E-state index in [1.807, 2.05) is 0 Å². The summed E-state index contributed by atoms with van der Waals surface area (Å²) in [5.41, 5.74) is 0.183. The molecule has 0 saturated carbocycles. The molecular formula is C15H12FN5O3S. The van der Waals surface area contributed by atoms with Crippen LogP contribution in [0, 0.1) is 5.82 Å². The van der Waals surface area contributed by atoms with Gasteiger partial charge in [0.1, 0.15) is 17.7 Å². The van der Waals surface area contributed by atoms with E-state index in [2.05, 4.69) is 20.1 Å². The van der Waals surface area contributed by atoms with Crippen molar-refractivity contribution in [2.75, 3.05) is 0 Å². The Bertz CT molecular complexity index is 1050. The first-order chi connectivity index (χ1) is 11.9. The molecule has 2 N–H and O–H groups in total. The van der Waals surface area contributed by atoms with Crippen LogP contribution in [0.3, 0.4) is 0 Å². The van der Waals surface area contributed by atoms with Gasteiger partial charge in [0, 0.05) is 0 Å². The second kappa shape index (κ2) is 6.77. The zero-order chi connectivity index (χ0) is 18.0. The van der Waals surface area contributed by atoms with Gasteiger partial charge < -0.3 is 5.11 Å². The molecule has 1 aromatic carbocycles. The second-order valence-electron chi connectivity index (χ2n) is 5.09. The molecule has 0 saturated heterocycles. The van der Waals surface area contributed by atoms with Crippen LogP contribution in [0.25, 0.3) is 0 Å². The van der Waals surface area contributed by atoms with Gasteiger partial charge in [-0.3, -0.25) is 14.6 Å². The highest BCUT2D eigenvalue weighted by Gasteiger charge is 2.13. The fourth-order valence-electron chi connectivity index (χ4n) is 2.13. The van der Waals surface area contributed by atoms with Gasteiger partial charge >= 0.3 is 4.87 Å².